The van der Waals surface area contributed by atoms with Crippen LogP contribution in [0.1, 0.15) is 34.3 Å². The van der Waals surface area contributed by atoms with Gasteiger partial charge in [-0.05, 0) is 30.2 Å². The molecule has 1 aliphatic heterocycles. The van der Waals surface area contributed by atoms with Crippen molar-refractivity contribution in [3.05, 3.63) is 65.2 Å². The average Bonchev–Trinajstić information content (AvgIpc) is 3.07. The zero-order valence-electron chi connectivity index (χ0n) is 15.3. The number of rotatable bonds is 6. The molecule has 2 aromatic rings. The van der Waals surface area contributed by atoms with Gasteiger partial charge in [-0.3, -0.25) is 9.59 Å². The topological polar surface area (TPSA) is 49.9 Å². The Balaban J connectivity index is 1.64. The Morgan fingerprint density at radius 2 is 1.88 bits per heavy atom. The first-order chi connectivity index (χ1) is 12.6. The molecule has 0 aliphatic carbocycles. The van der Waals surface area contributed by atoms with Gasteiger partial charge in [0.05, 0.1) is 7.11 Å². The van der Waals surface area contributed by atoms with Gasteiger partial charge in [-0.15, -0.1) is 0 Å². The van der Waals surface area contributed by atoms with Crippen molar-refractivity contribution in [2.75, 3.05) is 20.7 Å². The largest absolute Gasteiger partial charge is 0.496 e. The second kappa shape index (κ2) is 8.04. The van der Waals surface area contributed by atoms with E-state index in [1.807, 2.05) is 53.4 Å². The van der Waals surface area contributed by atoms with Gasteiger partial charge in [0.2, 0.25) is 5.91 Å². The molecular formula is C21H24N2O3. The summed E-state index contributed by atoms with van der Waals surface area (Å²) in [7, 11) is 3.41. The maximum atomic E-state index is 12.7. The van der Waals surface area contributed by atoms with Crippen LogP contribution in [-0.4, -0.2) is 42.3 Å². The number of hydrogen-bond acceptors (Lipinski definition) is 3. The van der Waals surface area contributed by atoms with Gasteiger partial charge in [-0.25, -0.2) is 0 Å². The molecule has 0 bridgehead atoms. The Hall–Kier alpha value is -2.82. The molecule has 1 heterocycles. The lowest BCUT2D eigenvalue weighted by Gasteiger charge is -2.19. The molecule has 5 heteroatoms. The zero-order chi connectivity index (χ0) is 18.5. The van der Waals surface area contributed by atoms with E-state index < -0.39 is 0 Å². The molecule has 1 aliphatic rings. The molecule has 0 N–H and O–H groups in total. The molecule has 0 aromatic heterocycles. The van der Waals surface area contributed by atoms with Crippen LogP contribution in [0.15, 0.2) is 48.5 Å². The molecule has 0 saturated carbocycles. The highest BCUT2D eigenvalue weighted by Crippen LogP contribution is 2.20. The third kappa shape index (κ3) is 4.04. The summed E-state index contributed by atoms with van der Waals surface area (Å²) in [5, 5.41) is 0. The smallest absolute Gasteiger partial charge is 0.253 e. The van der Waals surface area contributed by atoms with Crippen molar-refractivity contribution in [2.45, 2.75) is 25.9 Å². The Morgan fingerprint density at radius 1 is 1.15 bits per heavy atom. The van der Waals surface area contributed by atoms with Crippen LogP contribution in [0.3, 0.4) is 0 Å². The standard InChI is InChI=1S/C21H24N2O3/c1-22(15-18-6-3-4-7-19(18)26-2)21(25)17-11-9-16(10-12-17)14-23-13-5-8-20(23)24/h3-4,6-7,9-12H,5,8,13-15H2,1-2H3. The Morgan fingerprint density at radius 3 is 2.54 bits per heavy atom. The molecule has 5 nitrogen and oxygen atoms in total. The molecule has 26 heavy (non-hydrogen) atoms. The second-order valence-electron chi connectivity index (χ2n) is 6.59. The third-order valence-corrected chi connectivity index (χ3v) is 4.69. The highest BCUT2D eigenvalue weighted by atomic mass is 16.5. The van der Waals surface area contributed by atoms with Crippen molar-refractivity contribution in [1.29, 1.82) is 0 Å². The minimum atomic E-state index is -0.0419. The van der Waals surface area contributed by atoms with Crippen LogP contribution in [0.2, 0.25) is 0 Å². The van der Waals surface area contributed by atoms with Gasteiger partial charge in [-0.2, -0.15) is 0 Å². The fraction of sp³-hybridized carbons (Fsp3) is 0.333. The van der Waals surface area contributed by atoms with Crippen molar-refractivity contribution in [3.63, 3.8) is 0 Å². The third-order valence-electron chi connectivity index (χ3n) is 4.69. The Kier molecular flexibility index (Phi) is 5.56. The van der Waals surface area contributed by atoms with E-state index in [0.29, 0.717) is 25.1 Å². The SMILES string of the molecule is COc1ccccc1CN(C)C(=O)c1ccc(CN2CCCC2=O)cc1. The fourth-order valence-corrected chi connectivity index (χ4v) is 3.23. The number of benzene rings is 2. The minimum absolute atomic E-state index is 0.0419. The average molecular weight is 352 g/mol. The maximum Gasteiger partial charge on any atom is 0.253 e. The number of likely N-dealkylation sites (tertiary alicyclic amines) is 1. The first-order valence-corrected chi connectivity index (χ1v) is 8.82. The number of hydrogen-bond donors (Lipinski definition) is 0. The molecule has 0 radical (unpaired) electrons. The molecule has 2 aromatic carbocycles. The van der Waals surface area contributed by atoms with Gasteiger partial charge in [0.25, 0.3) is 5.91 Å². The molecule has 0 spiro atoms. The van der Waals surface area contributed by atoms with Gasteiger partial charge in [-0.1, -0.05) is 30.3 Å². The van der Waals surface area contributed by atoms with Crippen molar-refractivity contribution < 1.29 is 14.3 Å². The van der Waals surface area contributed by atoms with Crippen LogP contribution in [0, 0.1) is 0 Å². The van der Waals surface area contributed by atoms with Gasteiger partial charge < -0.3 is 14.5 Å². The predicted octanol–water partition coefficient (Wildman–Crippen LogP) is 3.09. The summed E-state index contributed by atoms with van der Waals surface area (Å²) in [6.07, 6.45) is 1.58. The van der Waals surface area contributed by atoms with E-state index in [1.165, 1.54) is 0 Å². The first kappa shape index (κ1) is 18.0. The highest BCUT2D eigenvalue weighted by molar-refractivity contribution is 5.94. The highest BCUT2D eigenvalue weighted by Gasteiger charge is 2.20. The van der Waals surface area contributed by atoms with E-state index >= 15 is 0 Å². The summed E-state index contributed by atoms with van der Waals surface area (Å²) < 4.78 is 5.35. The van der Waals surface area contributed by atoms with Crippen molar-refractivity contribution in [3.8, 4) is 5.75 Å². The summed E-state index contributed by atoms with van der Waals surface area (Å²) >= 11 is 0. The van der Waals surface area contributed by atoms with E-state index in [2.05, 4.69) is 0 Å². The van der Waals surface area contributed by atoms with E-state index in [4.69, 9.17) is 4.74 Å². The number of ether oxygens (including phenoxy) is 1. The molecule has 0 atom stereocenters. The Labute approximate surface area is 154 Å². The number of amides is 2. The van der Waals surface area contributed by atoms with E-state index in [-0.39, 0.29) is 11.8 Å². The second-order valence-corrected chi connectivity index (χ2v) is 6.59. The van der Waals surface area contributed by atoms with Crippen LogP contribution in [0.4, 0.5) is 0 Å². The van der Waals surface area contributed by atoms with Crippen molar-refractivity contribution in [1.82, 2.24) is 9.80 Å². The maximum absolute atomic E-state index is 12.7. The number of carbonyl (C=O) groups excluding carboxylic acids is 2. The van der Waals surface area contributed by atoms with Crippen LogP contribution >= 0.6 is 0 Å². The lowest BCUT2D eigenvalue weighted by Crippen LogP contribution is -2.26. The number of carbonyl (C=O) groups is 2. The molecule has 0 unspecified atom stereocenters. The molecule has 1 saturated heterocycles. The quantitative estimate of drug-likeness (QED) is 0.803. The summed E-state index contributed by atoms with van der Waals surface area (Å²) in [5.41, 5.74) is 2.65. The van der Waals surface area contributed by atoms with E-state index in [0.717, 1.165) is 29.8 Å². The summed E-state index contributed by atoms with van der Waals surface area (Å²) in [4.78, 5) is 27.9. The van der Waals surface area contributed by atoms with Crippen molar-refractivity contribution in [2.24, 2.45) is 0 Å². The number of nitrogens with zero attached hydrogens (tertiary/aromatic N) is 2. The normalized spacial score (nSPS) is 13.8. The molecule has 136 valence electrons. The zero-order valence-corrected chi connectivity index (χ0v) is 15.3. The lowest BCUT2D eigenvalue weighted by atomic mass is 10.1. The predicted molar refractivity (Wildman–Crippen MR) is 99.9 cm³/mol. The van der Waals surface area contributed by atoms with Crippen LogP contribution in [-0.2, 0) is 17.9 Å². The van der Waals surface area contributed by atoms with Crippen LogP contribution in [0.5, 0.6) is 5.75 Å². The van der Waals surface area contributed by atoms with Gasteiger partial charge in [0.1, 0.15) is 5.75 Å². The summed E-state index contributed by atoms with van der Waals surface area (Å²) in [5.74, 6) is 0.944. The van der Waals surface area contributed by atoms with Crippen LogP contribution in [0.25, 0.3) is 0 Å². The minimum Gasteiger partial charge on any atom is -0.496 e. The van der Waals surface area contributed by atoms with Gasteiger partial charge in [0.15, 0.2) is 0 Å². The molecule has 2 amide bonds. The number of para-hydroxylation sites is 1. The van der Waals surface area contributed by atoms with Gasteiger partial charge in [0, 0.05) is 44.2 Å². The summed E-state index contributed by atoms with van der Waals surface area (Å²) in [6, 6.07) is 15.2. The van der Waals surface area contributed by atoms with Gasteiger partial charge >= 0.3 is 0 Å². The number of methoxy groups -OCH3 is 1. The molecule has 1 fully saturated rings. The monoisotopic (exact) mass is 352 g/mol. The lowest BCUT2D eigenvalue weighted by molar-refractivity contribution is -0.128. The van der Waals surface area contributed by atoms with Crippen LogP contribution < -0.4 is 4.74 Å². The van der Waals surface area contributed by atoms with E-state index in [1.54, 1.807) is 19.1 Å². The van der Waals surface area contributed by atoms with E-state index in [9.17, 15) is 9.59 Å². The molecular weight excluding hydrogens is 328 g/mol. The Bertz CT molecular complexity index is 786. The first-order valence-electron chi connectivity index (χ1n) is 8.82. The molecule has 3 rings (SSSR count). The summed E-state index contributed by atoms with van der Waals surface area (Å²) in [6.45, 7) is 1.92. The van der Waals surface area contributed by atoms with Crippen molar-refractivity contribution >= 4 is 11.8 Å². The fourth-order valence-electron chi connectivity index (χ4n) is 3.23.